The molecule has 0 radical (unpaired) electrons. The Kier molecular flexibility index (Phi) is 14.8. The van der Waals surface area contributed by atoms with E-state index in [2.05, 4.69) is 61.6 Å². The molecular weight excluding hydrogens is 942 g/mol. The first kappa shape index (κ1) is 50.1. The zero-order chi connectivity index (χ0) is 50.8. The van der Waals surface area contributed by atoms with Gasteiger partial charge in [0.2, 0.25) is 11.8 Å². The van der Waals surface area contributed by atoms with Crippen molar-refractivity contribution in [3.05, 3.63) is 152 Å². The number of nitrogens with two attached hydrogens (primary N) is 1. The standard InChI is InChI=1S/C57H64FN9O5S/c1-35-27-48(54(70)62-31-36-9-11-45-41(28-36)34-67(56(45)72)50-13-14-51(68)64-55(50)71)60-33-46(35)38-17-23-65(24-18-38)43-19-25-66(26-20-43)49-12-10-39(29-47(49)58)53(69)63-42-6-4-7-44(30-42)73-52-8-3-5-40(32-61-52)37-15-21-57(2,59)22-16-37/h5,7-12,17,27-30,32-33,37,43,50,53,63,69H,4,6,13-16,18-26,31,34,59H2,1-2H3,(H,62,70)(H,64,68,71). The van der Waals surface area contributed by atoms with Gasteiger partial charge in [0.25, 0.3) is 11.8 Å². The molecular formula is C57H64FN9O5S. The normalized spacial score (nSPS) is 24.2. The lowest BCUT2D eigenvalue weighted by Crippen LogP contribution is -2.52. The maximum Gasteiger partial charge on any atom is 0.270 e. The number of pyridine rings is 1. The van der Waals surface area contributed by atoms with Crippen molar-refractivity contribution in [1.29, 1.82) is 0 Å². The number of carbonyl (C=O) groups is 4. The number of aliphatic hydroxyl groups excluding tert-OH is 1. The summed E-state index contributed by atoms with van der Waals surface area (Å²) in [5.74, 6) is -1.20. The van der Waals surface area contributed by atoms with E-state index >= 15 is 4.39 Å². The highest BCUT2D eigenvalue weighted by atomic mass is 32.2. The first-order chi connectivity index (χ1) is 35.2. The molecule has 16 heteroatoms. The minimum absolute atomic E-state index is 0.0799. The van der Waals surface area contributed by atoms with E-state index in [9.17, 15) is 24.3 Å². The number of anilines is 1. The highest BCUT2D eigenvalue weighted by molar-refractivity contribution is 8.17. The number of aryl methyl sites for hydroxylation is 1. The molecule has 380 valence electrons. The lowest BCUT2D eigenvalue weighted by molar-refractivity contribution is -0.136. The third-order valence-electron chi connectivity index (χ3n) is 15.6. The van der Waals surface area contributed by atoms with E-state index in [4.69, 9.17) is 10.7 Å². The van der Waals surface area contributed by atoms with E-state index in [1.54, 1.807) is 36.2 Å². The van der Waals surface area contributed by atoms with Crippen LogP contribution in [0, 0.1) is 18.7 Å². The van der Waals surface area contributed by atoms with Gasteiger partial charge >= 0.3 is 0 Å². The molecule has 73 heavy (non-hydrogen) atoms. The average molecular weight is 1010 g/mol. The number of hydrogen-bond donors (Lipinski definition) is 5. The second kappa shape index (κ2) is 21.6. The first-order valence-corrected chi connectivity index (χ1v) is 26.6. The van der Waals surface area contributed by atoms with E-state index in [0.717, 1.165) is 122 Å². The Morgan fingerprint density at radius 1 is 1.00 bits per heavy atom. The number of rotatable bonds is 12. The number of piperidine rings is 2. The van der Waals surface area contributed by atoms with Crippen LogP contribution in [-0.4, -0.2) is 92.4 Å². The summed E-state index contributed by atoms with van der Waals surface area (Å²) in [5.41, 5.74) is 18.4. The number of aliphatic imine (C=N–C) groups is 1. The molecule has 1 aromatic heterocycles. The van der Waals surface area contributed by atoms with Crippen molar-refractivity contribution in [3.63, 3.8) is 0 Å². The fraction of sp³-hybridized carbons (Fsp3) is 0.421. The minimum atomic E-state index is -1.05. The maximum absolute atomic E-state index is 15.8. The number of amides is 4. The highest BCUT2D eigenvalue weighted by Gasteiger charge is 2.39. The molecule has 3 aromatic rings. The molecule has 14 nitrogen and oxygen atoms in total. The van der Waals surface area contributed by atoms with Crippen LogP contribution in [0.2, 0.25) is 0 Å². The van der Waals surface area contributed by atoms with Gasteiger partial charge in [-0.25, -0.2) is 9.38 Å². The van der Waals surface area contributed by atoms with E-state index in [0.29, 0.717) is 40.9 Å². The molecule has 2 aromatic carbocycles. The summed E-state index contributed by atoms with van der Waals surface area (Å²) in [4.78, 5) is 66.9. The van der Waals surface area contributed by atoms with Gasteiger partial charge in [-0.15, -0.1) is 5.73 Å². The smallest absolute Gasteiger partial charge is 0.270 e. The van der Waals surface area contributed by atoms with Gasteiger partial charge < -0.3 is 31.3 Å². The Morgan fingerprint density at radius 3 is 2.58 bits per heavy atom. The van der Waals surface area contributed by atoms with Crippen molar-refractivity contribution in [2.24, 2.45) is 16.6 Å². The van der Waals surface area contributed by atoms with Crippen molar-refractivity contribution < 1.29 is 28.7 Å². The van der Waals surface area contributed by atoms with Gasteiger partial charge in [-0.3, -0.25) is 34.4 Å². The molecule has 1 saturated carbocycles. The number of benzene rings is 2. The van der Waals surface area contributed by atoms with E-state index in [1.165, 1.54) is 22.1 Å². The topological polar surface area (TPSA) is 186 Å². The molecule has 0 bridgehead atoms. The lowest BCUT2D eigenvalue weighted by atomic mass is 9.75. The molecule has 5 aliphatic heterocycles. The second-order valence-electron chi connectivity index (χ2n) is 20.8. The largest absolute Gasteiger partial charge is 0.369 e. The summed E-state index contributed by atoms with van der Waals surface area (Å²) in [6.45, 7) is 7.82. The predicted molar refractivity (Wildman–Crippen MR) is 282 cm³/mol. The van der Waals surface area contributed by atoms with Crippen LogP contribution < -0.4 is 26.6 Å². The van der Waals surface area contributed by atoms with Gasteiger partial charge in [0, 0.05) is 97.5 Å². The molecule has 2 aliphatic carbocycles. The molecule has 6 N–H and O–H groups in total. The van der Waals surface area contributed by atoms with E-state index in [1.807, 2.05) is 43.5 Å². The summed E-state index contributed by atoms with van der Waals surface area (Å²) in [6.07, 6.45) is 22.0. The van der Waals surface area contributed by atoms with Crippen LogP contribution in [0.3, 0.4) is 0 Å². The Labute approximate surface area is 430 Å². The number of nitrogens with zero attached hydrogens (tertiary/aromatic N) is 5. The van der Waals surface area contributed by atoms with Crippen molar-refractivity contribution in [3.8, 4) is 0 Å². The maximum atomic E-state index is 15.8. The Morgan fingerprint density at radius 2 is 1.82 bits per heavy atom. The SMILES string of the molecule is Cc1cc(C(=O)NCc2ccc3c(c2)CN(C2CCC(=O)NC2=O)C3=O)ncc1C1=CCN(C2CCN(c3ccc(C(O)NC4=CC(SC5=NC=C(C6CCC(C)(N)CC6)C=C=C5)=CCC4)cc3F)CC2)CC1. The number of carbonyl (C=O) groups excluding carboxylic acids is 4. The predicted octanol–water partition coefficient (Wildman–Crippen LogP) is 7.77. The fourth-order valence-corrected chi connectivity index (χ4v) is 12.1. The first-order valence-electron chi connectivity index (χ1n) is 25.7. The molecule has 4 amide bonds. The van der Waals surface area contributed by atoms with Crippen molar-refractivity contribution in [2.75, 3.05) is 31.1 Å². The lowest BCUT2D eigenvalue weighted by Gasteiger charge is -2.40. The zero-order valence-corrected chi connectivity index (χ0v) is 42.4. The van der Waals surface area contributed by atoms with Crippen LogP contribution in [0.5, 0.6) is 0 Å². The van der Waals surface area contributed by atoms with Crippen LogP contribution in [-0.2, 0) is 22.7 Å². The Balaban J connectivity index is 0.671. The average Bonchev–Trinajstić information content (AvgIpc) is 3.52. The molecule has 10 rings (SSSR count). The third kappa shape index (κ3) is 11.5. The summed E-state index contributed by atoms with van der Waals surface area (Å²) >= 11 is 1.57. The molecule has 0 spiro atoms. The van der Waals surface area contributed by atoms with Crippen LogP contribution >= 0.6 is 11.8 Å². The van der Waals surface area contributed by atoms with Gasteiger partial charge in [-0.05, 0) is 154 Å². The summed E-state index contributed by atoms with van der Waals surface area (Å²) in [6, 6.07) is 12.0. The third-order valence-corrected chi connectivity index (χ3v) is 16.5. The summed E-state index contributed by atoms with van der Waals surface area (Å²) in [7, 11) is 0. The number of hydrogen-bond acceptors (Lipinski definition) is 12. The molecule has 2 atom stereocenters. The van der Waals surface area contributed by atoms with Crippen LogP contribution in [0.4, 0.5) is 10.1 Å². The van der Waals surface area contributed by atoms with Gasteiger partial charge in [-0.1, -0.05) is 42.1 Å². The van der Waals surface area contributed by atoms with Gasteiger partial charge in [0.1, 0.15) is 22.6 Å². The number of aromatic nitrogens is 1. The molecule has 2 unspecified atom stereocenters. The van der Waals surface area contributed by atoms with Crippen molar-refractivity contribution in [2.45, 2.75) is 121 Å². The molecule has 7 aliphatic rings. The quantitative estimate of drug-likeness (QED) is 0.0679. The molecule has 6 heterocycles. The Hall–Kier alpha value is -6.42. The Bertz CT molecular complexity index is 2940. The van der Waals surface area contributed by atoms with Gasteiger partial charge in [-0.2, -0.15) is 0 Å². The number of imide groups is 1. The van der Waals surface area contributed by atoms with E-state index in [-0.39, 0.29) is 48.6 Å². The number of thioether (sulfide) groups is 1. The van der Waals surface area contributed by atoms with Crippen molar-refractivity contribution >= 4 is 51.7 Å². The van der Waals surface area contributed by atoms with Crippen LogP contribution in [0.1, 0.15) is 132 Å². The number of halogens is 1. The highest BCUT2D eigenvalue weighted by Crippen LogP contribution is 2.37. The summed E-state index contributed by atoms with van der Waals surface area (Å²) < 4.78 is 15.8. The number of fused-ring (bicyclic) bond motifs is 1. The number of aliphatic hydroxyl groups is 1. The zero-order valence-electron chi connectivity index (χ0n) is 41.6. The monoisotopic (exact) mass is 1010 g/mol. The molecule has 3 fully saturated rings. The summed E-state index contributed by atoms with van der Waals surface area (Å²) in [5, 5.41) is 20.6. The second-order valence-corrected chi connectivity index (χ2v) is 21.9. The van der Waals surface area contributed by atoms with Gasteiger partial charge in [0.15, 0.2) is 6.23 Å². The number of allylic oxidation sites excluding steroid dienone is 4. The van der Waals surface area contributed by atoms with Crippen LogP contribution in [0.25, 0.3) is 5.57 Å². The van der Waals surface area contributed by atoms with Crippen molar-refractivity contribution in [1.82, 2.24) is 30.7 Å². The van der Waals surface area contributed by atoms with Crippen LogP contribution in [0.15, 0.2) is 112 Å². The minimum Gasteiger partial charge on any atom is -0.369 e. The molecule has 2 saturated heterocycles. The van der Waals surface area contributed by atoms with E-state index < -0.39 is 18.2 Å². The fourth-order valence-electron chi connectivity index (χ4n) is 11.3. The van der Waals surface area contributed by atoms with Gasteiger partial charge in [0.05, 0.1) is 5.69 Å². The number of nitrogens with one attached hydrogen (secondary N) is 3.